The molecule has 0 aliphatic carbocycles. The first-order valence-corrected chi connectivity index (χ1v) is 8.72. The van der Waals surface area contributed by atoms with E-state index < -0.39 is 0 Å². The van der Waals surface area contributed by atoms with Crippen LogP contribution in [0.25, 0.3) is 10.9 Å². The highest BCUT2D eigenvalue weighted by Gasteiger charge is 2.20. The first-order chi connectivity index (χ1) is 12.7. The number of benzene rings is 2. The zero-order valence-corrected chi connectivity index (χ0v) is 14.3. The zero-order chi connectivity index (χ0) is 17.9. The van der Waals surface area contributed by atoms with Gasteiger partial charge in [-0.05, 0) is 36.2 Å². The summed E-state index contributed by atoms with van der Waals surface area (Å²) in [4.78, 5) is 30.5. The Kier molecular flexibility index (Phi) is 4.35. The van der Waals surface area contributed by atoms with Crippen molar-refractivity contribution in [3.8, 4) is 0 Å². The maximum Gasteiger partial charge on any atom is 0.255 e. The number of anilines is 1. The molecular formula is C21H19N3O2. The maximum absolute atomic E-state index is 12.6. The molecule has 1 saturated heterocycles. The van der Waals surface area contributed by atoms with E-state index >= 15 is 0 Å². The van der Waals surface area contributed by atoms with Gasteiger partial charge in [0.25, 0.3) is 5.91 Å². The number of amides is 2. The Balaban J connectivity index is 1.48. The van der Waals surface area contributed by atoms with Crippen molar-refractivity contribution in [3.63, 3.8) is 0 Å². The highest BCUT2D eigenvalue weighted by atomic mass is 16.2. The number of carbonyl (C=O) groups excluding carboxylic acids is 2. The second kappa shape index (κ2) is 6.96. The number of likely N-dealkylation sites (tertiary alicyclic amines) is 1. The molecule has 1 aliphatic heterocycles. The van der Waals surface area contributed by atoms with Gasteiger partial charge < -0.3 is 10.2 Å². The number of nitrogens with one attached hydrogen (secondary N) is 1. The second-order valence-electron chi connectivity index (χ2n) is 6.45. The fraction of sp³-hybridized carbons (Fsp3) is 0.190. The maximum atomic E-state index is 12.6. The molecule has 2 amide bonds. The summed E-state index contributed by atoms with van der Waals surface area (Å²) in [6.45, 7) is 1.42. The topological polar surface area (TPSA) is 62.3 Å². The molecule has 130 valence electrons. The minimum absolute atomic E-state index is 0.174. The largest absolute Gasteiger partial charge is 0.338 e. The third kappa shape index (κ3) is 3.28. The smallest absolute Gasteiger partial charge is 0.255 e. The summed E-state index contributed by atoms with van der Waals surface area (Å²) in [5.74, 6) is 0.0298. The standard InChI is InChI=1S/C21H19N3O2/c25-19-7-3-13-24(19)14-15-8-10-17(11-9-15)21(26)23-18-6-1-4-16-5-2-12-22-20(16)18/h1-2,4-6,8-12H,3,7,13-14H2,(H,23,26). The number of aromatic nitrogens is 1. The fourth-order valence-electron chi connectivity index (χ4n) is 3.25. The number of pyridine rings is 1. The summed E-state index contributed by atoms with van der Waals surface area (Å²) in [6, 6.07) is 16.9. The Labute approximate surface area is 151 Å². The van der Waals surface area contributed by atoms with Crippen molar-refractivity contribution < 1.29 is 9.59 Å². The van der Waals surface area contributed by atoms with Crippen molar-refractivity contribution in [1.29, 1.82) is 0 Å². The van der Waals surface area contributed by atoms with Gasteiger partial charge in [0, 0.05) is 36.7 Å². The van der Waals surface area contributed by atoms with Crippen LogP contribution < -0.4 is 5.32 Å². The molecule has 2 heterocycles. The van der Waals surface area contributed by atoms with Crippen LogP contribution in [0, 0.1) is 0 Å². The van der Waals surface area contributed by atoms with Crippen LogP contribution in [0.15, 0.2) is 60.8 Å². The summed E-state index contributed by atoms with van der Waals surface area (Å²) in [7, 11) is 0. The average molecular weight is 345 g/mol. The van der Waals surface area contributed by atoms with E-state index in [-0.39, 0.29) is 11.8 Å². The number of carbonyl (C=O) groups is 2. The molecule has 0 bridgehead atoms. The predicted molar refractivity (Wildman–Crippen MR) is 101 cm³/mol. The minimum atomic E-state index is -0.174. The van der Waals surface area contributed by atoms with Gasteiger partial charge in [0.15, 0.2) is 0 Å². The SMILES string of the molecule is O=C(Nc1cccc2cccnc12)c1ccc(CN2CCCC2=O)cc1. The van der Waals surface area contributed by atoms with Gasteiger partial charge in [-0.3, -0.25) is 14.6 Å². The van der Waals surface area contributed by atoms with Crippen molar-refractivity contribution in [3.05, 3.63) is 71.9 Å². The predicted octanol–water partition coefficient (Wildman–Crippen LogP) is 3.61. The molecule has 0 radical (unpaired) electrons. The normalized spacial score (nSPS) is 14.0. The monoisotopic (exact) mass is 345 g/mol. The van der Waals surface area contributed by atoms with E-state index in [0.717, 1.165) is 29.4 Å². The summed E-state index contributed by atoms with van der Waals surface area (Å²) < 4.78 is 0. The molecule has 0 unspecified atom stereocenters. The first-order valence-electron chi connectivity index (χ1n) is 8.72. The average Bonchev–Trinajstić information content (AvgIpc) is 3.07. The minimum Gasteiger partial charge on any atom is -0.338 e. The molecule has 1 N–H and O–H groups in total. The molecule has 2 aromatic carbocycles. The van der Waals surface area contributed by atoms with Gasteiger partial charge in [-0.2, -0.15) is 0 Å². The molecule has 0 spiro atoms. The Hall–Kier alpha value is -3.21. The lowest BCUT2D eigenvalue weighted by Crippen LogP contribution is -2.23. The molecular weight excluding hydrogens is 326 g/mol. The zero-order valence-electron chi connectivity index (χ0n) is 14.3. The summed E-state index contributed by atoms with van der Waals surface area (Å²) in [5.41, 5.74) is 3.07. The first kappa shape index (κ1) is 16.3. The Morgan fingerprint density at radius 2 is 1.88 bits per heavy atom. The van der Waals surface area contributed by atoms with Crippen molar-refractivity contribution in [2.45, 2.75) is 19.4 Å². The molecule has 1 aromatic heterocycles. The Morgan fingerprint density at radius 1 is 1.08 bits per heavy atom. The molecule has 0 atom stereocenters. The van der Waals surface area contributed by atoms with Gasteiger partial charge in [-0.25, -0.2) is 0 Å². The van der Waals surface area contributed by atoms with Crippen LogP contribution in [0.3, 0.4) is 0 Å². The lowest BCUT2D eigenvalue weighted by Gasteiger charge is -2.15. The summed E-state index contributed by atoms with van der Waals surface area (Å²) in [6.07, 6.45) is 3.28. The van der Waals surface area contributed by atoms with Crippen molar-refractivity contribution >= 4 is 28.4 Å². The third-order valence-corrected chi connectivity index (χ3v) is 4.64. The molecule has 0 saturated carbocycles. The molecule has 1 aliphatic rings. The molecule has 26 heavy (non-hydrogen) atoms. The molecule has 5 nitrogen and oxygen atoms in total. The molecule has 3 aromatic rings. The van der Waals surface area contributed by atoms with Crippen LogP contribution in [-0.2, 0) is 11.3 Å². The van der Waals surface area contributed by atoms with Crippen molar-refractivity contribution in [2.24, 2.45) is 0 Å². The van der Waals surface area contributed by atoms with E-state index in [1.54, 1.807) is 18.3 Å². The molecule has 1 fully saturated rings. The van der Waals surface area contributed by atoms with Crippen LogP contribution >= 0.6 is 0 Å². The van der Waals surface area contributed by atoms with Gasteiger partial charge in [0.1, 0.15) is 0 Å². The van der Waals surface area contributed by atoms with Crippen molar-refractivity contribution in [2.75, 3.05) is 11.9 Å². The highest BCUT2D eigenvalue weighted by molar-refractivity contribution is 6.08. The van der Waals surface area contributed by atoms with E-state index in [1.165, 1.54) is 0 Å². The van der Waals surface area contributed by atoms with Gasteiger partial charge in [-0.1, -0.05) is 30.3 Å². The van der Waals surface area contributed by atoms with E-state index in [2.05, 4.69) is 10.3 Å². The number of rotatable bonds is 4. The lowest BCUT2D eigenvalue weighted by molar-refractivity contribution is -0.128. The number of hydrogen-bond donors (Lipinski definition) is 1. The van der Waals surface area contributed by atoms with Crippen LogP contribution in [0.1, 0.15) is 28.8 Å². The summed E-state index contributed by atoms with van der Waals surface area (Å²) in [5, 5.41) is 3.92. The van der Waals surface area contributed by atoms with Crippen LogP contribution in [0.4, 0.5) is 5.69 Å². The number of fused-ring (bicyclic) bond motifs is 1. The van der Waals surface area contributed by atoms with Gasteiger partial charge in [0.2, 0.25) is 5.91 Å². The van der Waals surface area contributed by atoms with E-state index in [1.807, 2.05) is 47.4 Å². The fourth-order valence-corrected chi connectivity index (χ4v) is 3.25. The van der Waals surface area contributed by atoms with E-state index in [9.17, 15) is 9.59 Å². The summed E-state index contributed by atoms with van der Waals surface area (Å²) >= 11 is 0. The molecule has 4 rings (SSSR count). The second-order valence-corrected chi connectivity index (χ2v) is 6.45. The van der Waals surface area contributed by atoms with Crippen molar-refractivity contribution in [1.82, 2.24) is 9.88 Å². The van der Waals surface area contributed by atoms with Crippen LogP contribution in [0.5, 0.6) is 0 Å². The van der Waals surface area contributed by atoms with Gasteiger partial charge in [-0.15, -0.1) is 0 Å². The van der Waals surface area contributed by atoms with Crippen LogP contribution in [0.2, 0.25) is 0 Å². The van der Waals surface area contributed by atoms with E-state index in [4.69, 9.17) is 0 Å². The molecule has 5 heteroatoms. The Morgan fingerprint density at radius 3 is 2.65 bits per heavy atom. The number of para-hydroxylation sites is 1. The lowest BCUT2D eigenvalue weighted by atomic mass is 10.1. The highest BCUT2D eigenvalue weighted by Crippen LogP contribution is 2.21. The Bertz CT molecular complexity index is 961. The quantitative estimate of drug-likeness (QED) is 0.786. The number of hydrogen-bond acceptors (Lipinski definition) is 3. The van der Waals surface area contributed by atoms with Gasteiger partial charge in [0.05, 0.1) is 11.2 Å². The number of nitrogens with zero attached hydrogens (tertiary/aromatic N) is 2. The van der Waals surface area contributed by atoms with E-state index in [0.29, 0.717) is 24.2 Å². The van der Waals surface area contributed by atoms with Crippen LogP contribution in [-0.4, -0.2) is 28.2 Å². The third-order valence-electron chi connectivity index (χ3n) is 4.64. The van der Waals surface area contributed by atoms with Gasteiger partial charge >= 0.3 is 0 Å².